The fraction of sp³-hybridized carbons (Fsp3) is 0.615. The summed E-state index contributed by atoms with van der Waals surface area (Å²) in [6.45, 7) is 2.32. The third-order valence-electron chi connectivity index (χ3n) is 3.57. The maximum atomic E-state index is 12.0. The van der Waals surface area contributed by atoms with Crippen LogP contribution in [0.5, 0.6) is 0 Å². The van der Waals surface area contributed by atoms with Gasteiger partial charge in [0.05, 0.1) is 12.2 Å². The van der Waals surface area contributed by atoms with Crippen LogP contribution in [0.2, 0.25) is 0 Å². The van der Waals surface area contributed by atoms with Crippen molar-refractivity contribution >= 4 is 5.91 Å². The molecule has 0 aromatic carbocycles. The number of rotatable bonds is 4. The summed E-state index contributed by atoms with van der Waals surface area (Å²) in [5.74, 6) is 0.522. The third-order valence-corrected chi connectivity index (χ3v) is 3.57. The van der Waals surface area contributed by atoms with Gasteiger partial charge in [-0.3, -0.25) is 9.59 Å². The van der Waals surface area contributed by atoms with E-state index in [2.05, 4.69) is 27.2 Å². The Balaban J connectivity index is 1.90. The Kier molecular flexibility index (Phi) is 4.86. The number of H-pyrrole nitrogens is 1. The van der Waals surface area contributed by atoms with Crippen molar-refractivity contribution in [3.63, 3.8) is 0 Å². The van der Waals surface area contributed by atoms with Crippen LogP contribution in [0, 0.1) is 5.92 Å². The van der Waals surface area contributed by atoms with Crippen LogP contribution in [0.3, 0.4) is 0 Å². The molecule has 7 heteroatoms. The lowest BCUT2D eigenvalue weighted by molar-refractivity contribution is -0.126. The van der Waals surface area contributed by atoms with Crippen LogP contribution in [-0.4, -0.2) is 40.9 Å². The van der Waals surface area contributed by atoms with Crippen LogP contribution < -0.4 is 16.6 Å². The van der Waals surface area contributed by atoms with Gasteiger partial charge < -0.3 is 20.9 Å². The van der Waals surface area contributed by atoms with Crippen molar-refractivity contribution in [2.24, 2.45) is 11.7 Å². The summed E-state index contributed by atoms with van der Waals surface area (Å²) in [5, 5.41) is 2.83. The molecule has 110 valence electrons. The number of carbonyl (C=O) groups excluding carboxylic acids is 1. The summed E-state index contributed by atoms with van der Waals surface area (Å²) in [7, 11) is 2.06. The van der Waals surface area contributed by atoms with Crippen LogP contribution in [0.15, 0.2) is 10.9 Å². The van der Waals surface area contributed by atoms with Crippen molar-refractivity contribution in [1.82, 2.24) is 20.2 Å². The van der Waals surface area contributed by atoms with Gasteiger partial charge in [0, 0.05) is 18.5 Å². The van der Waals surface area contributed by atoms with Gasteiger partial charge in [-0.05, 0) is 33.0 Å². The van der Waals surface area contributed by atoms with Crippen LogP contribution in [0.4, 0.5) is 0 Å². The van der Waals surface area contributed by atoms with Gasteiger partial charge in [0.15, 0.2) is 0 Å². The Bertz CT molecular complexity index is 520. The second kappa shape index (κ2) is 6.62. The summed E-state index contributed by atoms with van der Waals surface area (Å²) < 4.78 is 0. The number of hydrogen-bond donors (Lipinski definition) is 3. The quantitative estimate of drug-likeness (QED) is 0.668. The number of amides is 1. The maximum absolute atomic E-state index is 12.0. The fourth-order valence-corrected chi connectivity index (χ4v) is 2.34. The number of likely N-dealkylation sites (tertiary alicyclic amines) is 1. The minimum Gasteiger partial charge on any atom is -0.349 e. The molecule has 0 saturated carbocycles. The zero-order valence-electron chi connectivity index (χ0n) is 11.7. The minimum absolute atomic E-state index is 0.0268. The highest BCUT2D eigenvalue weighted by atomic mass is 16.2. The second-order valence-electron chi connectivity index (χ2n) is 5.18. The number of carbonyl (C=O) groups is 1. The lowest BCUT2D eigenvalue weighted by atomic mass is 9.96. The first kappa shape index (κ1) is 14.7. The molecule has 0 atom stereocenters. The third kappa shape index (κ3) is 3.88. The number of piperidine rings is 1. The van der Waals surface area contributed by atoms with Crippen molar-refractivity contribution in [2.45, 2.75) is 25.9 Å². The van der Waals surface area contributed by atoms with E-state index in [0.29, 0.717) is 11.5 Å². The molecule has 0 unspecified atom stereocenters. The predicted molar refractivity (Wildman–Crippen MR) is 74.8 cm³/mol. The Morgan fingerprint density at radius 1 is 1.55 bits per heavy atom. The molecule has 4 N–H and O–H groups in total. The average Bonchev–Trinajstić information content (AvgIpc) is 2.45. The molecule has 20 heavy (non-hydrogen) atoms. The zero-order valence-corrected chi connectivity index (χ0v) is 11.7. The molecule has 1 aromatic heterocycles. The molecule has 1 saturated heterocycles. The van der Waals surface area contributed by atoms with Gasteiger partial charge in [-0.1, -0.05) is 0 Å². The van der Waals surface area contributed by atoms with Gasteiger partial charge >= 0.3 is 0 Å². The van der Waals surface area contributed by atoms with E-state index in [1.165, 1.54) is 6.07 Å². The first-order chi connectivity index (χ1) is 9.58. The van der Waals surface area contributed by atoms with Gasteiger partial charge in [-0.25, -0.2) is 4.98 Å². The molecular weight excluding hydrogens is 258 g/mol. The molecule has 1 aliphatic heterocycles. The molecule has 2 heterocycles. The zero-order chi connectivity index (χ0) is 14.5. The van der Waals surface area contributed by atoms with Crippen molar-refractivity contribution in [3.8, 4) is 0 Å². The summed E-state index contributed by atoms with van der Waals surface area (Å²) in [6.07, 6.45) is 1.74. The topological polar surface area (TPSA) is 104 Å². The van der Waals surface area contributed by atoms with E-state index in [-0.39, 0.29) is 30.5 Å². The molecule has 7 nitrogen and oxygen atoms in total. The minimum atomic E-state index is -0.246. The molecule has 1 fully saturated rings. The molecule has 0 spiro atoms. The lowest BCUT2D eigenvalue weighted by Crippen LogP contribution is -2.39. The molecule has 0 bridgehead atoms. The van der Waals surface area contributed by atoms with E-state index >= 15 is 0 Å². The maximum Gasteiger partial charge on any atom is 0.251 e. The van der Waals surface area contributed by atoms with E-state index in [1.807, 2.05) is 0 Å². The fourth-order valence-electron chi connectivity index (χ4n) is 2.34. The first-order valence-electron chi connectivity index (χ1n) is 6.84. The summed E-state index contributed by atoms with van der Waals surface area (Å²) in [6, 6.07) is 1.36. The Morgan fingerprint density at radius 3 is 2.90 bits per heavy atom. The molecule has 0 radical (unpaired) electrons. The van der Waals surface area contributed by atoms with Gasteiger partial charge in [-0.2, -0.15) is 0 Å². The highest BCUT2D eigenvalue weighted by molar-refractivity contribution is 5.78. The Labute approximate surface area is 117 Å². The average molecular weight is 279 g/mol. The van der Waals surface area contributed by atoms with Gasteiger partial charge in [0.2, 0.25) is 5.91 Å². The Morgan fingerprint density at radius 2 is 2.25 bits per heavy atom. The largest absolute Gasteiger partial charge is 0.349 e. The summed E-state index contributed by atoms with van der Waals surface area (Å²) in [4.78, 5) is 32.4. The van der Waals surface area contributed by atoms with E-state index in [0.717, 1.165) is 25.9 Å². The smallest absolute Gasteiger partial charge is 0.251 e. The number of aromatic nitrogens is 2. The van der Waals surface area contributed by atoms with Gasteiger partial charge in [-0.15, -0.1) is 0 Å². The highest BCUT2D eigenvalue weighted by Crippen LogP contribution is 2.15. The first-order valence-corrected chi connectivity index (χ1v) is 6.84. The van der Waals surface area contributed by atoms with Gasteiger partial charge in [0.1, 0.15) is 5.82 Å². The number of nitrogens with two attached hydrogens (primary N) is 1. The normalized spacial score (nSPS) is 17.1. The van der Waals surface area contributed by atoms with Crippen molar-refractivity contribution in [3.05, 3.63) is 27.9 Å². The van der Waals surface area contributed by atoms with Crippen LogP contribution in [0.25, 0.3) is 0 Å². The highest BCUT2D eigenvalue weighted by Gasteiger charge is 2.23. The summed E-state index contributed by atoms with van der Waals surface area (Å²) >= 11 is 0. The van der Waals surface area contributed by atoms with Crippen LogP contribution in [0.1, 0.15) is 24.4 Å². The number of aromatic amines is 1. The molecular formula is C13H21N5O2. The predicted octanol–water partition coefficient (Wildman–Crippen LogP) is -0.813. The molecule has 0 aliphatic carbocycles. The standard InChI is InChI=1S/C13H21N5O2/c1-18-4-2-9(3-5-18)13(20)15-8-11-16-10(7-14)6-12(19)17-11/h6,9H,2-5,7-8,14H2,1H3,(H,15,20)(H,16,17,19). The van der Waals surface area contributed by atoms with E-state index in [1.54, 1.807) is 0 Å². The summed E-state index contributed by atoms with van der Waals surface area (Å²) in [5.41, 5.74) is 5.75. The number of nitrogens with one attached hydrogen (secondary N) is 2. The molecule has 1 amide bonds. The van der Waals surface area contributed by atoms with E-state index in [9.17, 15) is 9.59 Å². The van der Waals surface area contributed by atoms with Crippen LogP contribution in [-0.2, 0) is 17.9 Å². The lowest BCUT2D eigenvalue weighted by Gasteiger charge is -2.27. The van der Waals surface area contributed by atoms with Crippen molar-refractivity contribution < 1.29 is 4.79 Å². The molecule has 2 rings (SSSR count). The SMILES string of the molecule is CN1CCC(C(=O)NCc2nc(CN)cc(=O)[nH]2)CC1. The monoisotopic (exact) mass is 279 g/mol. The molecule has 1 aliphatic rings. The second-order valence-corrected chi connectivity index (χ2v) is 5.18. The van der Waals surface area contributed by atoms with E-state index < -0.39 is 0 Å². The Hall–Kier alpha value is -1.73. The molecule has 1 aromatic rings. The number of nitrogens with zero attached hydrogens (tertiary/aromatic N) is 2. The van der Waals surface area contributed by atoms with E-state index in [4.69, 9.17) is 5.73 Å². The van der Waals surface area contributed by atoms with Crippen molar-refractivity contribution in [1.29, 1.82) is 0 Å². The van der Waals surface area contributed by atoms with Crippen molar-refractivity contribution in [2.75, 3.05) is 20.1 Å². The number of hydrogen-bond acceptors (Lipinski definition) is 5. The van der Waals surface area contributed by atoms with Gasteiger partial charge in [0.25, 0.3) is 5.56 Å². The van der Waals surface area contributed by atoms with Crippen LogP contribution >= 0.6 is 0 Å².